The van der Waals surface area contributed by atoms with Crippen molar-refractivity contribution >= 4 is 5.69 Å². The molecule has 92 valence electrons. The molecule has 1 N–H and O–H groups in total. The van der Waals surface area contributed by atoms with E-state index in [9.17, 15) is 5.11 Å². The van der Waals surface area contributed by atoms with Crippen molar-refractivity contribution in [2.24, 2.45) is 0 Å². The Morgan fingerprint density at radius 2 is 2.06 bits per heavy atom. The molecule has 0 amide bonds. The summed E-state index contributed by atoms with van der Waals surface area (Å²) in [5.74, 6) is 0.282. The third kappa shape index (κ3) is 1.92. The predicted octanol–water partition coefficient (Wildman–Crippen LogP) is 2.66. The number of hydrogen-bond acceptors (Lipinski definition) is 3. The molecule has 0 aliphatic carbocycles. The quantitative estimate of drug-likeness (QED) is 0.876. The molecule has 2 heterocycles. The Hall–Kier alpha value is -2.03. The van der Waals surface area contributed by atoms with Gasteiger partial charge < -0.3 is 10.0 Å². The van der Waals surface area contributed by atoms with Crippen LogP contribution in [-0.2, 0) is 13.0 Å². The monoisotopic (exact) mass is 240 g/mol. The van der Waals surface area contributed by atoms with E-state index in [1.54, 1.807) is 6.07 Å². The Balaban J connectivity index is 1.88. The fourth-order valence-corrected chi connectivity index (χ4v) is 2.47. The van der Waals surface area contributed by atoms with E-state index in [0.717, 1.165) is 24.4 Å². The van der Waals surface area contributed by atoms with Gasteiger partial charge in [0.1, 0.15) is 11.4 Å². The lowest BCUT2D eigenvalue weighted by molar-refractivity contribution is 0.462. The summed E-state index contributed by atoms with van der Waals surface area (Å²) in [6.45, 7) is 3.61. The van der Waals surface area contributed by atoms with Gasteiger partial charge in [-0.05, 0) is 37.1 Å². The van der Waals surface area contributed by atoms with Crippen LogP contribution in [0.25, 0.3) is 0 Å². The highest BCUT2D eigenvalue weighted by Crippen LogP contribution is 2.29. The van der Waals surface area contributed by atoms with Crippen LogP contribution in [0.3, 0.4) is 0 Å². The smallest absolute Gasteiger partial charge is 0.138 e. The van der Waals surface area contributed by atoms with Crippen LogP contribution in [0, 0.1) is 6.92 Å². The maximum Gasteiger partial charge on any atom is 0.138 e. The molecule has 1 aliphatic heterocycles. The first-order chi connectivity index (χ1) is 8.74. The number of aryl methyl sites for hydroxylation is 1. The molecule has 0 spiro atoms. The van der Waals surface area contributed by atoms with E-state index in [4.69, 9.17) is 0 Å². The number of aromatic hydroxyl groups is 1. The zero-order chi connectivity index (χ0) is 12.5. The van der Waals surface area contributed by atoms with Crippen LogP contribution in [0.2, 0.25) is 0 Å². The summed E-state index contributed by atoms with van der Waals surface area (Å²) in [4.78, 5) is 6.69. The van der Waals surface area contributed by atoms with Gasteiger partial charge in [0.15, 0.2) is 0 Å². The van der Waals surface area contributed by atoms with Gasteiger partial charge in [0, 0.05) is 17.9 Å². The molecule has 3 rings (SSSR count). The highest BCUT2D eigenvalue weighted by atomic mass is 16.3. The van der Waals surface area contributed by atoms with Crippen LogP contribution < -0.4 is 4.90 Å². The molecule has 3 nitrogen and oxygen atoms in total. The molecule has 2 aromatic rings. The second-order valence-corrected chi connectivity index (χ2v) is 4.72. The van der Waals surface area contributed by atoms with E-state index in [1.807, 2.05) is 13.0 Å². The fraction of sp³-hybridized carbons (Fsp3) is 0.267. The van der Waals surface area contributed by atoms with Crippen molar-refractivity contribution in [3.05, 3.63) is 53.3 Å². The Morgan fingerprint density at radius 3 is 2.94 bits per heavy atom. The molecule has 18 heavy (non-hydrogen) atoms. The van der Waals surface area contributed by atoms with Crippen molar-refractivity contribution in [3.63, 3.8) is 0 Å². The van der Waals surface area contributed by atoms with Crippen molar-refractivity contribution in [1.29, 1.82) is 0 Å². The Bertz CT molecular complexity index is 580. The fourth-order valence-electron chi connectivity index (χ4n) is 2.47. The summed E-state index contributed by atoms with van der Waals surface area (Å²) in [6, 6.07) is 12.0. The predicted molar refractivity (Wildman–Crippen MR) is 71.8 cm³/mol. The summed E-state index contributed by atoms with van der Waals surface area (Å²) >= 11 is 0. The first kappa shape index (κ1) is 11.1. The van der Waals surface area contributed by atoms with Gasteiger partial charge in [0.25, 0.3) is 0 Å². The lowest BCUT2D eigenvalue weighted by Gasteiger charge is -2.19. The number of fused-ring (bicyclic) bond motifs is 1. The maximum atomic E-state index is 9.85. The van der Waals surface area contributed by atoms with Crippen molar-refractivity contribution in [2.45, 2.75) is 19.9 Å². The van der Waals surface area contributed by atoms with Crippen LogP contribution in [0.5, 0.6) is 5.75 Å². The van der Waals surface area contributed by atoms with Gasteiger partial charge in [-0.25, -0.2) is 0 Å². The SMILES string of the molecule is Cc1ccc(O)c(CN2CCc3ccccc32)n1. The van der Waals surface area contributed by atoms with E-state index in [1.165, 1.54) is 11.3 Å². The molecule has 0 radical (unpaired) electrons. The lowest BCUT2D eigenvalue weighted by atomic mass is 10.2. The normalized spacial score (nSPS) is 13.7. The number of rotatable bonds is 2. The molecular weight excluding hydrogens is 224 g/mol. The van der Waals surface area contributed by atoms with Gasteiger partial charge in [-0.2, -0.15) is 0 Å². The van der Waals surface area contributed by atoms with E-state index < -0.39 is 0 Å². The summed E-state index contributed by atoms with van der Waals surface area (Å²) in [6.07, 6.45) is 1.07. The van der Waals surface area contributed by atoms with Crippen molar-refractivity contribution in [2.75, 3.05) is 11.4 Å². The average molecular weight is 240 g/mol. The lowest BCUT2D eigenvalue weighted by Crippen LogP contribution is -2.20. The number of aromatic nitrogens is 1. The molecule has 3 heteroatoms. The van der Waals surface area contributed by atoms with Gasteiger partial charge in [-0.1, -0.05) is 18.2 Å². The minimum atomic E-state index is 0.282. The standard InChI is InChI=1S/C15H16N2O/c1-11-6-7-15(18)13(16-11)10-17-9-8-12-4-2-3-5-14(12)17/h2-7,18H,8-10H2,1H3. The number of benzene rings is 1. The molecule has 0 saturated carbocycles. The van der Waals surface area contributed by atoms with Gasteiger partial charge in [0.2, 0.25) is 0 Å². The van der Waals surface area contributed by atoms with E-state index in [-0.39, 0.29) is 5.75 Å². The van der Waals surface area contributed by atoms with Crippen molar-refractivity contribution in [1.82, 2.24) is 4.98 Å². The second-order valence-electron chi connectivity index (χ2n) is 4.72. The highest BCUT2D eigenvalue weighted by molar-refractivity contribution is 5.58. The zero-order valence-corrected chi connectivity index (χ0v) is 10.4. The molecule has 1 aromatic heterocycles. The Kier molecular flexibility index (Phi) is 2.67. The number of nitrogens with zero attached hydrogens (tertiary/aromatic N) is 2. The number of para-hydroxylation sites is 1. The van der Waals surface area contributed by atoms with Crippen LogP contribution in [-0.4, -0.2) is 16.6 Å². The Morgan fingerprint density at radius 1 is 1.22 bits per heavy atom. The van der Waals surface area contributed by atoms with Gasteiger partial charge in [0.05, 0.1) is 6.54 Å². The number of hydrogen-bond donors (Lipinski definition) is 1. The highest BCUT2D eigenvalue weighted by Gasteiger charge is 2.19. The maximum absolute atomic E-state index is 9.85. The molecule has 1 aromatic carbocycles. The number of pyridine rings is 1. The van der Waals surface area contributed by atoms with Crippen LogP contribution in [0.1, 0.15) is 17.0 Å². The molecular formula is C15H16N2O. The van der Waals surface area contributed by atoms with Crippen LogP contribution in [0.4, 0.5) is 5.69 Å². The van der Waals surface area contributed by atoms with Gasteiger partial charge >= 0.3 is 0 Å². The molecule has 0 unspecified atom stereocenters. The average Bonchev–Trinajstić information content (AvgIpc) is 2.78. The topological polar surface area (TPSA) is 36.4 Å². The molecule has 0 atom stereocenters. The summed E-state index contributed by atoms with van der Waals surface area (Å²) in [5, 5.41) is 9.85. The third-order valence-corrected chi connectivity index (χ3v) is 3.41. The molecule has 0 bridgehead atoms. The molecule has 1 aliphatic rings. The summed E-state index contributed by atoms with van der Waals surface area (Å²) < 4.78 is 0. The third-order valence-electron chi connectivity index (χ3n) is 3.41. The molecule has 0 fully saturated rings. The first-order valence-corrected chi connectivity index (χ1v) is 6.22. The Labute approximate surface area is 107 Å². The van der Waals surface area contributed by atoms with Crippen LogP contribution >= 0.6 is 0 Å². The largest absolute Gasteiger partial charge is 0.506 e. The summed E-state index contributed by atoms with van der Waals surface area (Å²) in [5.41, 5.74) is 4.34. The van der Waals surface area contributed by atoms with Crippen LogP contribution in [0.15, 0.2) is 36.4 Å². The first-order valence-electron chi connectivity index (χ1n) is 6.22. The summed E-state index contributed by atoms with van der Waals surface area (Å²) in [7, 11) is 0. The second kappa shape index (κ2) is 4.33. The van der Waals surface area contributed by atoms with E-state index in [2.05, 4.69) is 34.1 Å². The zero-order valence-electron chi connectivity index (χ0n) is 10.4. The molecule has 0 saturated heterocycles. The number of anilines is 1. The van der Waals surface area contributed by atoms with Crippen molar-refractivity contribution < 1.29 is 5.11 Å². The van der Waals surface area contributed by atoms with Gasteiger partial charge in [-0.3, -0.25) is 4.98 Å². The van der Waals surface area contributed by atoms with Gasteiger partial charge in [-0.15, -0.1) is 0 Å². The minimum absolute atomic E-state index is 0.282. The van der Waals surface area contributed by atoms with Crippen molar-refractivity contribution in [3.8, 4) is 5.75 Å². The minimum Gasteiger partial charge on any atom is -0.506 e. The van der Waals surface area contributed by atoms with E-state index in [0.29, 0.717) is 6.54 Å². The van der Waals surface area contributed by atoms with E-state index >= 15 is 0 Å².